The number of hydrogen-bond acceptors (Lipinski definition) is 5. The van der Waals surface area contributed by atoms with Crippen LogP contribution in [0, 0.1) is 17.0 Å². The van der Waals surface area contributed by atoms with Gasteiger partial charge in [0.25, 0.3) is 5.69 Å². The number of aliphatic hydroxyl groups is 1. The van der Waals surface area contributed by atoms with Crippen LogP contribution in [0.2, 0.25) is 0 Å². The van der Waals surface area contributed by atoms with Crippen molar-refractivity contribution >= 4 is 15.7 Å². The van der Waals surface area contributed by atoms with Crippen molar-refractivity contribution in [1.82, 2.24) is 4.31 Å². The van der Waals surface area contributed by atoms with Crippen molar-refractivity contribution in [2.24, 2.45) is 0 Å². The van der Waals surface area contributed by atoms with Gasteiger partial charge in [0.05, 0.1) is 9.82 Å². The molecule has 112 valence electrons. The minimum Gasteiger partial charge on any atom is -0.396 e. The summed E-state index contributed by atoms with van der Waals surface area (Å²) < 4.78 is 26.2. The van der Waals surface area contributed by atoms with Gasteiger partial charge in [-0.3, -0.25) is 10.1 Å². The molecule has 8 heteroatoms. The minimum atomic E-state index is -3.79. The fraction of sp³-hybridized carbons (Fsp3) is 0.500. The number of nitro groups is 1. The second kappa shape index (κ2) is 6.78. The van der Waals surface area contributed by atoms with Gasteiger partial charge in [-0.25, -0.2) is 8.42 Å². The molecule has 7 nitrogen and oxygen atoms in total. The molecule has 1 aromatic rings. The Morgan fingerprint density at radius 3 is 2.55 bits per heavy atom. The molecule has 0 fully saturated rings. The summed E-state index contributed by atoms with van der Waals surface area (Å²) in [7, 11) is -3.79. The molecule has 0 unspecified atom stereocenters. The molecule has 20 heavy (non-hydrogen) atoms. The quantitative estimate of drug-likeness (QED) is 0.604. The van der Waals surface area contributed by atoms with Gasteiger partial charge in [0.2, 0.25) is 10.0 Å². The van der Waals surface area contributed by atoms with Crippen LogP contribution in [0.3, 0.4) is 0 Å². The zero-order valence-electron chi connectivity index (χ0n) is 11.4. The lowest BCUT2D eigenvalue weighted by Crippen LogP contribution is -2.32. The maximum atomic E-state index is 12.5. The highest BCUT2D eigenvalue weighted by Crippen LogP contribution is 2.27. The van der Waals surface area contributed by atoms with E-state index >= 15 is 0 Å². The van der Waals surface area contributed by atoms with Crippen molar-refractivity contribution in [3.8, 4) is 0 Å². The number of hydrogen-bond donors (Lipinski definition) is 1. The molecule has 0 radical (unpaired) electrons. The highest BCUT2D eigenvalue weighted by atomic mass is 32.2. The lowest BCUT2D eigenvalue weighted by molar-refractivity contribution is -0.385. The summed E-state index contributed by atoms with van der Waals surface area (Å²) in [5.41, 5.74) is -0.0933. The molecule has 0 heterocycles. The maximum Gasteiger partial charge on any atom is 0.273 e. The highest BCUT2D eigenvalue weighted by Gasteiger charge is 2.27. The number of aliphatic hydroxyl groups excluding tert-OH is 1. The molecule has 0 aliphatic heterocycles. The summed E-state index contributed by atoms with van der Waals surface area (Å²) >= 11 is 0. The third-order valence-electron chi connectivity index (χ3n) is 2.99. The van der Waals surface area contributed by atoms with Crippen molar-refractivity contribution in [2.75, 3.05) is 19.7 Å². The van der Waals surface area contributed by atoms with Crippen LogP contribution in [0.1, 0.15) is 18.9 Å². The Hall–Kier alpha value is -1.51. The fourth-order valence-corrected chi connectivity index (χ4v) is 3.64. The topological polar surface area (TPSA) is 101 Å². The lowest BCUT2D eigenvalue weighted by atomic mass is 10.2. The van der Waals surface area contributed by atoms with Crippen LogP contribution < -0.4 is 0 Å². The standard InChI is InChI=1S/C12H18N2O5S/c1-3-13(8-5-9-15)20(18,19)12-7-4-6-11(10(12)2)14(16)17/h4,6-7,15H,3,5,8-9H2,1-2H3. The van der Waals surface area contributed by atoms with Gasteiger partial charge in [-0.1, -0.05) is 13.0 Å². The predicted molar refractivity (Wildman–Crippen MR) is 74.0 cm³/mol. The van der Waals surface area contributed by atoms with E-state index in [1.165, 1.54) is 29.4 Å². The number of rotatable bonds is 7. The van der Waals surface area contributed by atoms with E-state index in [4.69, 9.17) is 5.11 Å². The molecular formula is C12H18N2O5S. The van der Waals surface area contributed by atoms with E-state index < -0.39 is 14.9 Å². The molecule has 0 aliphatic rings. The van der Waals surface area contributed by atoms with Crippen LogP contribution in [0.4, 0.5) is 5.69 Å². The van der Waals surface area contributed by atoms with Crippen LogP contribution in [0.5, 0.6) is 0 Å². The van der Waals surface area contributed by atoms with E-state index in [-0.39, 0.29) is 35.8 Å². The van der Waals surface area contributed by atoms with Gasteiger partial charge in [0.15, 0.2) is 0 Å². The second-order valence-electron chi connectivity index (χ2n) is 4.23. The molecule has 0 aliphatic carbocycles. The first-order chi connectivity index (χ1) is 9.36. The minimum absolute atomic E-state index is 0.0634. The molecular weight excluding hydrogens is 284 g/mol. The average molecular weight is 302 g/mol. The highest BCUT2D eigenvalue weighted by molar-refractivity contribution is 7.89. The Bertz CT molecular complexity index is 586. The summed E-state index contributed by atoms with van der Waals surface area (Å²) in [5.74, 6) is 0. The number of sulfonamides is 1. The van der Waals surface area contributed by atoms with E-state index in [0.29, 0.717) is 6.42 Å². The van der Waals surface area contributed by atoms with Crippen molar-refractivity contribution in [1.29, 1.82) is 0 Å². The first-order valence-corrected chi connectivity index (χ1v) is 7.65. The van der Waals surface area contributed by atoms with E-state index in [9.17, 15) is 18.5 Å². The van der Waals surface area contributed by atoms with Crippen LogP contribution in [0.15, 0.2) is 23.1 Å². The lowest BCUT2D eigenvalue weighted by Gasteiger charge is -2.21. The summed E-state index contributed by atoms with van der Waals surface area (Å²) in [5, 5.41) is 19.7. The van der Waals surface area contributed by atoms with E-state index in [1.54, 1.807) is 6.92 Å². The van der Waals surface area contributed by atoms with Crippen molar-refractivity contribution in [3.05, 3.63) is 33.9 Å². The molecule has 0 saturated carbocycles. The smallest absolute Gasteiger partial charge is 0.273 e. The van der Waals surface area contributed by atoms with Crippen LogP contribution in [0.25, 0.3) is 0 Å². The molecule has 0 atom stereocenters. The predicted octanol–water partition coefficient (Wildman–Crippen LogP) is 1.30. The Balaban J connectivity index is 3.27. The average Bonchev–Trinajstić information content (AvgIpc) is 2.39. The zero-order valence-corrected chi connectivity index (χ0v) is 12.3. The van der Waals surface area contributed by atoms with Crippen molar-refractivity contribution in [3.63, 3.8) is 0 Å². The number of nitro benzene ring substituents is 1. The van der Waals surface area contributed by atoms with Gasteiger partial charge in [0, 0.05) is 31.3 Å². The molecule has 1 N–H and O–H groups in total. The first kappa shape index (κ1) is 16.5. The van der Waals surface area contributed by atoms with Gasteiger partial charge in [-0.05, 0) is 19.4 Å². The molecule has 0 amide bonds. The van der Waals surface area contributed by atoms with Crippen LogP contribution >= 0.6 is 0 Å². The molecule has 0 bridgehead atoms. The number of nitrogens with zero attached hydrogens (tertiary/aromatic N) is 2. The maximum absolute atomic E-state index is 12.5. The van der Waals surface area contributed by atoms with Gasteiger partial charge in [-0.15, -0.1) is 0 Å². The van der Waals surface area contributed by atoms with Crippen LogP contribution in [-0.4, -0.2) is 42.4 Å². The van der Waals surface area contributed by atoms with Crippen LogP contribution in [-0.2, 0) is 10.0 Å². The van der Waals surface area contributed by atoms with Gasteiger partial charge in [0.1, 0.15) is 0 Å². The van der Waals surface area contributed by atoms with Crippen molar-refractivity contribution < 1.29 is 18.4 Å². The molecule has 0 aromatic heterocycles. The number of benzene rings is 1. The monoisotopic (exact) mass is 302 g/mol. The SMILES string of the molecule is CCN(CCCO)S(=O)(=O)c1cccc([N+](=O)[O-])c1C. The van der Waals surface area contributed by atoms with E-state index in [0.717, 1.165) is 0 Å². The van der Waals surface area contributed by atoms with E-state index in [2.05, 4.69) is 0 Å². The summed E-state index contributed by atoms with van der Waals surface area (Å²) in [4.78, 5) is 10.2. The Kier molecular flexibility index (Phi) is 5.61. The first-order valence-electron chi connectivity index (χ1n) is 6.21. The van der Waals surface area contributed by atoms with Crippen molar-refractivity contribution in [2.45, 2.75) is 25.2 Å². The molecule has 0 spiro atoms. The Morgan fingerprint density at radius 1 is 1.40 bits per heavy atom. The van der Waals surface area contributed by atoms with Gasteiger partial charge in [-0.2, -0.15) is 4.31 Å². The normalized spacial score (nSPS) is 11.8. The third kappa shape index (κ3) is 3.33. The second-order valence-corrected chi connectivity index (χ2v) is 6.14. The summed E-state index contributed by atoms with van der Waals surface area (Å²) in [6.45, 7) is 3.41. The molecule has 0 saturated heterocycles. The van der Waals surface area contributed by atoms with E-state index in [1.807, 2.05) is 0 Å². The largest absolute Gasteiger partial charge is 0.396 e. The molecule has 1 rings (SSSR count). The van der Waals surface area contributed by atoms with Gasteiger partial charge < -0.3 is 5.11 Å². The van der Waals surface area contributed by atoms with Gasteiger partial charge >= 0.3 is 0 Å². The Labute approximate surface area is 118 Å². The third-order valence-corrected chi connectivity index (χ3v) is 5.11. The Morgan fingerprint density at radius 2 is 2.05 bits per heavy atom. The summed E-state index contributed by atoms with van der Waals surface area (Å²) in [6, 6.07) is 4.00. The zero-order chi connectivity index (χ0) is 15.3. The fourth-order valence-electron chi connectivity index (χ4n) is 1.91. The molecule has 1 aromatic carbocycles. The summed E-state index contributed by atoms with van der Waals surface area (Å²) in [6.07, 6.45) is 0.320.